The number of nitrogens with one attached hydrogen (secondary N) is 1. The van der Waals surface area contributed by atoms with Gasteiger partial charge in [-0.1, -0.05) is 11.2 Å². The third-order valence-electron chi connectivity index (χ3n) is 3.53. The zero-order chi connectivity index (χ0) is 16.4. The second-order valence-corrected chi connectivity index (χ2v) is 5.25. The Morgan fingerprint density at radius 3 is 2.83 bits per heavy atom. The number of nitrogens with zero attached hydrogens (tertiary/aromatic N) is 5. The molecule has 0 aliphatic rings. The summed E-state index contributed by atoms with van der Waals surface area (Å²) in [6.45, 7) is 2.38. The van der Waals surface area contributed by atoms with Gasteiger partial charge in [-0.3, -0.25) is 4.98 Å². The standard InChI is InChI=1S/C17H14N6O/c1-11-16(22-17-14(21-11)6-4-8-19-17)20-10-12-9-15(24-23-12)13-5-2-3-7-18-13/h2-9H,10H2,1H3,(H,19,20,22). The Hall–Kier alpha value is -3.35. The van der Waals surface area contributed by atoms with Crippen LogP contribution in [0.3, 0.4) is 0 Å². The molecule has 0 amide bonds. The molecule has 0 spiro atoms. The van der Waals surface area contributed by atoms with Gasteiger partial charge in [0.05, 0.1) is 12.2 Å². The molecule has 24 heavy (non-hydrogen) atoms. The van der Waals surface area contributed by atoms with E-state index in [0.717, 1.165) is 22.6 Å². The minimum atomic E-state index is 0.476. The van der Waals surface area contributed by atoms with Gasteiger partial charge < -0.3 is 9.84 Å². The topological polar surface area (TPSA) is 89.6 Å². The van der Waals surface area contributed by atoms with Crippen LogP contribution in [0.4, 0.5) is 5.82 Å². The van der Waals surface area contributed by atoms with Crippen LogP contribution in [0.5, 0.6) is 0 Å². The number of anilines is 1. The summed E-state index contributed by atoms with van der Waals surface area (Å²) in [4.78, 5) is 17.5. The molecule has 0 atom stereocenters. The highest BCUT2D eigenvalue weighted by molar-refractivity contribution is 5.71. The van der Waals surface area contributed by atoms with Crippen LogP contribution in [-0.2, 0) is 6.54 Å². The van der Waals surface area contributed by atoms with Gasteiger partial charge in [0, 0.05) is 18.5 Å². The van der Waals surface area contributed by atoms with Crippen molar-refractivity contribution in [2.45, 2.75) is 13.5 Å². The molecule has 0 saturated carbocycles. The van der Waals surface area contributed by atoms with Gasteiger partial charge in [0.15, 0.2) is 11.4 Å². The number of aromatic nitrogens is 5. The average molecular weight is 318 g/mol. The Bertz CT molecular complexity index is 983. The molecule has 4 aromatic rings. The normalized spacial score (nSPS) is 10.9. The van der Waals surface area contributed by atoms with Crippen LogP contribution in [-0.4, -0.2) is 25.1 Å². The summed E-state index contributed by atoms with van der Waals surface area (Å²) in [5, 5.41) is 7.29. The van der Waals surface area contributed by atoms with Crippen molar-refractivity contribution in [3.63, 3.8) is 0 Å². The molecule has 0 unspecified atom stereocenters. The summed E-state index contributed by atoms with van der Waals surface area (Å²) in [5.41, 5.74) is 3.71. The molecule has 0 aliphatic heterocycles. The number of hydrogen-bond donors (Lipinski definition) is 1. The molecule has 0 aliphatic carbocycles. The van der Waals surface area contributed by atoms with Crippen molar-refractivity contribution in [2.75, 3.05) is 5.32 Å². The van der Waals surface area contributed by atoms with Crippen LogP contribution in [0, 0.1) is 6.92 Å². The summed E-state index contributed by atoms with van der Waals surface area (Å²) in [5.74, 6) is 1.32. The summed E-state index contributed by atoms with van der Waals surface area (Å²) >= 11 is 0. The van der Waals surface area contributed by atoms with Crippen molar-refractivity contribution < 1.29 is 4.52 Å². The first-order valence-electron chi connectivity index (χ1n) is 7.50. The number of rotatable bonds is 4. The Morgan fingerprint density at radius 1 is 1.04 bits per heavy atom. The Balaban J connectivity index is 1.53. The van der Waals surface area contributed by atoms with Gasteiger partial charge >= 0.3 is 0 Å². The number of hydrogen-bond acceptors (Lipinski definition) is 7. The molecular formula is C17H14N6O. The molecule has 4 aromatic heterocycles. The van der Waals surface area contributed by atoms with Crippen LogP contribution in [0.25, 0.3) is 22.6 Å². The number of fused-ring (bicyclic) bond motifs is 1. The first-order chi connectivity index (χ1) is 11.8. The molecular weight excluding hydrogens is 304 g/mol. The van der Waals surface area contributed by atoms with Crippen molar-refractivity contribution in [3.05, 3.63) is 60.2 Å². The lowest BCUT2D eigenvalue weighted by Gasteiger charge is -2.07. The van der Waals surface area contributed by atoms with Gasteiger partial charge in [-0.05, 0) is 31.2 Å². The smallest absolute Gasteiger partial charge is 0.185 e. The van der Waals surface area contributed by atoms with Crippen LogP contribution in [0.15, 0.2) is 53.3 Å². The molecule has 0 saturated heterocycles. The summed E-state index contributed by atoms with van der Waals surface area (Å²) in [6, 6.07) is 11.2. The Labute approximate surface area is 137 Å². The van der Waals surface area contributed by atoms with Gasteiger partial charge in [0.1, 0.15) is 22.7 Å². The fourth-order valence-corrected chi connectivity index (χ4v) is 2.35. The summed E-state index contributed by atoms with van der Waals surface area (Å²) in [6.07, 6.45) is 3.42. The van der Waals surface area contributed by atoms with E-state index in [4.69, 9.17) is 4.52 Å². The highest BCUT2D eigenvalue weighted by Gasteiger charge is 2.09. The first-order valence-corrected chi connectivity index (χ1v) is 7.50. The van der Waals surface area contributed by atoms with Crippen LogP contribution in [0.2, 0.25) is 0 Å². The van der Waals surface area contributed by atoms with E-state index >= 15 is 0 Å². The zero-order valence-electron chi connectivity index (χ0n) is 13.0. The maximum atomic E-state index is 5.34. The maximum Gasteiger partial charge on any atom is 0.185 e. The molecule has 0 aromatic carbocycles. The lowest BCUT2D eigenvalue weighted by molar-refractivity contribution is 0.423. The van der Waals surface area contributed by atoms with Crippen LogP contribution in [0.1, 0.15) is 11.4 Å². The third kappa shape index (κ3) is 2.79. The summed E-state index contributed by atoms with van der Waals surface area (Å²) < 4.78 is 5.34. The van der Waals surface area contributed by atoms with E-state index in [1.54, 1.807) is 12.4 Å². The molecule has 1 N–H and O–H groups in total. The molecule has 0 radical (unpaired) electrons. The molecule has 0 fully saturated rings. The van der Waals surface area contributed by atoms with Gasteiger partial charge in [-0.25, -0.2) is 15.0 Å². The zero-order valence-corrected chi connectivity index (χ0v) is 13.0. The monoisotopic (exact) mass is 318 g/mol. The predicted octanol–water partition coefficient (Wildman–Crippen LogP) is 3.00. The fourth-order valence-electron chi connectivity index (χ4n) is 2.35. The maximum absolute atomic E-state index is 5.34. The molecule has 4 rings (SSSR count). The highest BCUT2D eigenvalue weighted by Crippen LogP contribution is 2.19. The Morgan fingerprint density at radius 2 is 1.96 bits per heavy atom. The number of aryl methyl sites for hydroxylation is 1. The van der Waals surface area contributed by atoms with Crippen molar-refractivity contribution in [3.8, 4) is 11.5 Å². The van der Waals surface area contributed by atoms with Crippen molar-refractivity contribution in [2.24, 2.45) is 0 Å². The quantitative estimate of drug-likeness (QED) is 0.618. The van der Waals surface area contributed by atoms with E-state index in [-0.39, 0.29) is 0 Å². The molecule has 7 nitrogen and oxygen atoms in total. The van der Waals surface area contributed by atoms with Gasteiger partial charge in [0.25, 0.3) is 0 Å². The van der Waals surface area contributed by atoms with E-state index in [9.17, 15) is 0 Å². The molecule has 0 bridgehead atoms. The lowest BCUT2D eigenvalue weighted by Crippen LogP contribution is -2.05. The predicted molar refractivity (Wildman–Crippen MR) is 89.1 cm³/mol. The van der Waals surface area contributed by atoms with Crippen LogP contribution >= 0.6 is 0 Å². The van der Waals surface area contributed by atoms with E-state index in [1.807, 2.05) is 43.3 Å². The first kappa shape index (κ1) is 14.3. The van der Waals surface area contributed by atoms with Crippen molar-refractivity contribution in [1.82, 2.24) is 25.1 Å². The van der Waals surface area contributed by atoms with Gasteiger partial charge in [-0.15, -0.1) is 0 Å². The fraction of sp³-hybridized carbons (Fsp3) is 0.118. The second kappa shape index (κ2) is 6.04. The van der Waals surface area contributed by atoms with Gasteiger partial charge in [0.2, 0.25) is 0 Å². The largest absolute Gasteiger partial charge is 0.363 e. The van der Waals surface area contributed by atoms with Crippen molar-refractivity contribution >= 4 is 17.0 Å². The third-order valence-corrected chi connectivity index (χ3v) is 3.53. The van der Waals surface area contributed by atoms with Crippen molar-refractivity contribution in [1.29, 1.82) is 0 Å². The minimum absolute atomic E-state index is 0.476. The number of pyridine rings is 2. The second-order valence-electron chi connectivity index (χ2n) is 5.25. The summed E-state index contributed by atoms with van der Waals surface area (Å²) in [7, 11) is 0. The minimum Gasteiger partial charge on any atom is -0.363 e. The highest BCUT2D eigenvalue weighted by atomic mass is 16.5. The average Bonchev–Trinajstić information content (AvgIpc) is 3.10. The molecule has 4 heterocycles. The van der Waals surface area contributed by atoms with E-state index < -0.39 is 0 Å². The van der Waals surface area contributed by atoms with E-state index in [2.05, 4.69) is 30.4 Å². The van der Waals surface area contributed by atoms with E-state index in [1.165, 1.54) is 0 Å². The molecule has 7 heteroatoms. The van der Waals surface area contributed by atoms with Crippen LogP contribution < -0.4 is 5.32 Å². The Kier molecular flexibility index (Phi) is 3.59. The van der Waals surface area contributed by atoms with E-state index in [0.29, 0.717) is 23.8 Å². The SMILES string of the molecule is Cc1nc2cccnc2nc1NCc1cc(-c2ccccn2)on1. The van der Waals surface area contributed by atoms with Gasteiger partial charge in [-0.2, -0.15) is 0 Å². The molecule has 118 valence electrons. The lowest BCUT2D eigenvalue weighted by atomic mass is 10.2.